The van der Waals surface area contributed by atoms with E-state index in [1.807, 2.05) is 0 Å². The summed E-state index contributed by atoms with van der Waals surface area (Å²) in [6, 6.07) is 11.4. The average molecular weight is 498 g/mol. The minimum absolute atomic E-state index is 0.000417. The number of piperidine rings is 1. The Kier molecular flexibility index (Phi) is 8.47. The van der Waals surface area contributed by atoms with Crippen LogP contribution in [-0.2, 0) is 4.74 Å². The van der Waals surface area contributed by atoms with Gasteiger partial charge in [0.15, 0.2) is 0 Å². The predicted molar refractivity (Wildman–Crippen MR) is 126 cm³/mol. The number of hydrogen-bond donors (Lipinski definition) is 0. The third-order valence-electron chi connectivity index (χ3n) is 5.66. The van der Waals surface area contributed by atoms with E-state index in [-0.39, 0.29) is 18.6 Å². The molecule has 9 heteroatoms. The molecule has 2 heterocycles. The van der Waals surface area contributed by atoms with Gasteiger partial charge in [-0.3, -0.25) is 9.88 Å². The molecule has 1 amide bonds. The minimum atomic E-state index is -4.38. The van der Waals surface area contributed by atoms with Gasteiger partial charge in [-0.25, -0.2) is 4.79 Å². The molecular formula is C25H31ClF3N3O2. The van der Waals surface area contributed by atoms with E-state index in [1.165, 1.54) is 4.90 Å². The number of aromatic nitrogens is 1. The third kappa shape index (κ3) is 7.87. The molecule has 1 atom stereocenters. The summed E-state index contributed by atoms with van der Waals surface area (Å²) in [4.78, 5) is 19.8. The number of rotatable bonds is 6. The number of halogens is 4. The first-order valence-corrected chi connectivity index (χ1v) is 11.7. The molecule has 0 N–H and O–H groups in total. The van der Waals surface area contributed by atoms with Crippen LogP contribution >= 0.6 is 11.6 Å². The fraction of sp³-hybridized carbons (Fsp3) is 0.520. The Balaban J connectivity index is 1.80. The maximum atomic E-state index is 13.7. The second-order valence-corrected chi connectivity index (χ2v) is 10.1. The van der Waals surface area contributed by atoms with Crippen LogP contribution in [0.15, 0.2) is 48.7 Å². The van der Waals surface area contributed by atoms with Crippen molar-refractivity contribution in [3.8, 4) is 0 Å². The normalized spacial score (nSPS) is 16.5. The van der Waals surface area contributed by atoms with Gasteiger partial charge in [-0.2, -0.15) is 13.2 Å². The van der Waals surface area contributed by atoms with Gasteiger partial charge >= 0.3 is 12.3 Å². The molecule has 0 aliphatic carbocycles. The zero-order valence-corrected chi connectivity index (χ0v) is 20.4. The van der Waals surface area contributed by atoms with E-state index in [2.05, 4.69) is 4.98 Å². The second-order valence-electron chi connectivity index (χ2n) is 9.66. The van der Waals surface area contributed by atoms with Crippen molar-refractivity contribution >= 4 is 17.7 Å². The van der Waals surface area contributed by atoms with Crippen molar-refractivity contribution in [1.82, 2.24) is 14.8 Å². The second kappa shape index (κ2) is 11.0. The molecule has 5 nitrogen and oxygen atoms in total. The maximum Gasteiger partial charge on any atom is 0.410 e. The topological polar surface area (TPSA) is 45.7 Å². The van der Waals surface area contributed by atoms with Crippen LogP contribution < -0.4 is 0 Å². The fourth-order valence-electron chi connectivity index (χ4n) is 4.20. The van der Waals surface area contributed by atoms with Crippen molar-refractivity contribution in [3.63, 3.8) is 0 Å². The van der Waals surface area contributed by atoms with Crippen LogP contribution in [-0.4, -0.2) is 58.8 Å². The molecule has 0 bridgehead atoms. The number of carbonyl (C=O) groups is 1. The molecule has 1 aromatic carbocycles. The van der Waals surface area contributed by atoms with Crippen molar-refractivity contribution in [2.75, 3.05) is 26.2 Å². The molecule has 34 heavy (non-hydrogen) atoms. The summed E-state index contributed by atoms with van der Waals surface area (Å²) >= 11 is 6.03. The van der Waals surface area contributed by atoms with Crippen molar-refractivity contribution in [2.45, 2.75) is 51.4 Å². The zero-order valence-electron chi connectivity index (χ0n) is 19.7. The average Bonchev–Trinajstić information content (AvgIpc) is 2.74. The van der Waals surface area contributed by atoms with Crippen LogP contribution in [0.1, 0.15) is 50.9 Å². The number of carbonyl (C=O) groups excluding carboxylic acids is 1. The van der Waals surface area contributed by atoms with Crippen LogP contribution in [0.4, 0.5) is 18.0 Å². The molecule has 0 radical (unpaired) electrons. The predicted octanol–water partition coefficient (Wildman–Crippen LogP) is 6.34. The lowest BCUT2D eigenvalue weighted by Crippen LogP contribution is -2.46. The van der Waals surface area contributed by atoms with Crippen molar-refractivity contribution < 1.29 is 22.7 Å². The summed E-state index contributed by atoms with van der Waals surface area (Å²) < 4.78 is 46.5. The number of alkyl halides is 3. The van der Waals surface area contributed by atoms with Crippen LogP contribution in [0.2, 0.25) is 5.02 Å². The third-order valence-corrected chi connectivity index (χ3v) is 5.91. The molecule has 0 saturated carbocycles. The van der Waals surface area contributed by atoms with Gasteiger partial charge in [0.1, 0.15) is 5.60 Å². The van der Waals surface area contributed by atoms with Crippen LogP contribution in [0.25, 0.3) is 0 Å². The number of ether oxygens (including phenoxy) is 1. The van der Waals surface area contributed by atoms with Crippen molar-refractivity contribution in [2.24, 2.45) is 5.92 Å². The quantitative estimate of drug-likeness (QED) is 0.467. The molecular weight excluding hydrogens is 467 g/mol. The van der Waals surface area contributed by atoms with E-state index in [0.717, 1.165) is 0 Å². The van der Waals surface area contributed by atoms with Gasteiger partial charge in [-0.1, -0.05) is 29.8 Å². The zero-order chi connectivity index (χ0) is 24.9. The van der Waals surface area contributed by atoms with Gasteiger partial charge in [-0.15, -0.1) is 0 Å². The number of nitrogens with zero attached hydrogens (tertiary/aromatic N) is 3. The Morgan fingerprint density at radius 1 is 1.15 bits per heavy atom. The molecule has 1 aliphatic rings. The summed E-state index contributed by atoms with van der Waals surface area (Å²) in [7, 11) is 0. The van der Waals surface area contributed by atoms with Gasteiger partial charge in [0.05, 0.1) is 18.3 Å². The van der Waals surface area contributed by atoms with E-state index in [0.29, 0.717) is 42.2 Å². The summed E-state index contributed by atoms with van der Waals surface area (Å²) in [5, 5.41) is 0.514. The van der Waals surface area contributed by atoms with Crippen LogP contribution in [0.5, 0.6) is 0 Å². The van der Waals surface area contributed by atoms with E-state index in [1.54, 1.807) is 74.3 Å². The Hall–Kier alpha value is -2.32. The van der Waals surface area contributed by atoms with E-state index < -0.39 is 24.4 Å². The Bertz CT molecular complexity index is 925. The first-order chi connectivity index (χ1) is 15.9. The lowest BCUT2D eigenvalue weighted by molar-refractivity contribution is -0.151. The molecule has 1 aliphatic heterocycles. The first-order valence-electron chi connectivity index (χ1n) is 11.4. The summed E-state index contributed by atoms with van der Waals surface area (Å²) in [6.45, 7) is 5.49. The Morgan fingerprint density at radius 2 is 1.79 bits per heavy atom. The maximum absolute atomic E-state index is 13.7. The Morgan fingerprint density at radius 3 is 2.32 bits per heavy atom. The molecule has 0 spiro atoms. The summed E-state index contributed by atoms with van der Waals surface area (Å²) in [5.74, 6) is -0.000417. The molecule has 1 saturated heterocycles. The summed E-state index contributed by atoms with van der Waals surface area (Å²) in [6.07, 6.45) is -1.97. The monoisotopic (exact) mass is 497 g/mol. The van der Waals surface area contributed by atoms with E-state index in [4.69, 9.17) is 16.3 Å². The number of pyridine rings is 1. The van der Waals surface area contributed by atoms with Gasteiger partial charge in [-0.05, 0) is 69.4 Å². The standard InChI is InChI=1S/C25H31ClF3N3O2/c1-24(2,3)34-23(33)31-14-11-18(12-15-31)16-32(17-25(27,28)29)22(21-6-4-5-13-30-21)19-7-9-20(26)10-8-19/h4-10,13,18,22H,11-12,14-17H2,1-3H3. The molecule has 1 aromatic heterocycles. The van der Waals surface area contributed by atoms with Gasteiger partial charge in [0, 0.05) is 30.9 Å². The number of likely N-dealkylation sites (tertiary alicyclic amines) is 1. The number of hydrogen-bond acceptors (Lipinski definition) is 4. The van der Waals surface area contributed by atoms with Crippen LogP contribution in [0.3, 0.4) is 0 Å². The number of benzene rings is 1. The minimum Gasteiger partial charge on any atom is -0.444 e. The fourth-order valence-corrected chi connectivity index (χ4v) is 4.33. The molecule has 1 fully saturated rings. The van der Waals surface area contributed by atoms with Crippen LogP contribution in [0, 0.1) is 5.92 Å². The highest BCUT2D eigenvalue weighted by Crippen LogP contribution is 2.33. The van der Waals surface area contributed by atoms with E-state index >= 15 is 0 Å². The molecule has 2 aromatic rings. The first kappa shape index (κ1) is 26.3. The highest BCUT2D eigenvalue weighted by molar-refractivity contribution is 6.30. The van der Waals surface area contributed by atoms with Gasteiger partial charge in [0.25, 0.3) is 0 Å². The number of amides is 1. The lowest BCUT2D eigenvalue weighted by Gasteiger charge is -2.38. The van der Waals surface area contributed by atoms with E-state index in [9.17, 15) is 18.0 Å². The van der Waals surface area contributed by atoms with Crippen molar-refractivity contribution in [1.29, 1.82) is 0 Å². The largest absolute Gasteiger partial charge is 0.444 e. The Labute approximate surface area is 203 Å². The van der Waals surface area contributed by atoms with Gasteiger partial charge < -0.3 is 9.64 Å². The van der Waals surface area contributed by atoms with Gasteiger partial charge in [0.2, 0.25) is 0 Å². The SMILES string of the molecule is CC(C)(C)OC(=O)N1CCC(CN(CC(F)(F)F)C(c2ccc(Cl)cc2)c2ccccn2)CC1. The molecule has 3 rings (SSSR count). The summed E-state index contributed by atoms with van der Waals surface area (Å²) in [5.41, 5.74) is 0.644. The highest BCUT2D eigenvalue weighted by atomic mass is 35.5. The highest BCUT2D eigenvalue weighted by Gasteiger charge is 2.37. The lowest BCUT2D eigenvalue weighted by atomic mass is 9.93. The molecule has 1 unspecified atom stereocenters. The smallest absolute Gasteiger partial charge is 0.410 e. The molecule has 186 valence electrons. The van der Waals surface area contributed by atoms with Crippen molar-refractivity contribution in [3.05, 3.63) is 64.9 Å².